The van der Waals surface area contributed by atoms with Gasteiger partial charge in [0.2, 0.25) is 17.7 Å². The number of hydrogen-bond acceptors (Lipinski definition) is 8. The molecule has 0 aromatic heterocycles. The zero-order valence-corrected chi connectivity index (χ0v) is 19.0. The summed E-state index contributed by atoms with van der Waals surface area (Å²) < 4.78 is 0. The number of amides is 4. The minimum atomic E-state index is -1.33. The van der Waals surface area contributed by atoms with Crippen LogP contribution in [0.5, 0.6) is 0 Å². The van der Waals surface area contributed by atoms with E-state index in [1.54, 1.807) is 6.07 Å². The number of carbonyl (C=O) groups is 4. The van der Waals surface area contributed by atoms with Crippen LogP contribution >= 0.6 is 0 Å². The number of nitrogens with two attached hydrogens (primary N) is 1. The van der Waals surface area contributed by atoms with Crippen LogP contribution in [0.2, 0.25) is 0 Å². The number of carbonyl (C=O) groups excluding carboxylic acids is 4. The number of fused-ring (bicyclic) bond motifs is 3. The molecule has 0 spiro atoms. The molecular weight excluding hydrogens is 472 g/mol. The predicted molar refractivity (Wildman–Crippen MR) is 127 cm³/mol. The summed E-state index contributed by atoms with van der Waals surface area (Å²) in [7, 11) is 0. The summed E-state index contributed by atoms with van der Waals surface area (Å²) in [6, 6.07) is 5.91. The second-order valence-corrected chi connectivity index (χ2v) is 8.47. The fraction of sp³-hybridized carbons (Fsp3) is 0.304. The van der Waals surface area contributed by atoms with Crippen LogP contribution in [-0.2, 0) is 16.1 Å². The minimum Gasteiger partial charge on any atom is -0.394 e. The fourth-order valence-electron chi connectivity index (χ4n) is 4.29. The molecule has 13 nitrogen and oxygen atoms in total. The molecule has 0 radical (unpaired) electrons. The highest BCUT2D eigenvalue weighted by Crippen LogP contribution is 2.29. The van der Waals surface area contributed by atoms with Crippen molar-refractivity contribution in [3.63, 3.8) is 0 Å². The number of aliphatic hydroxyl groups excluding tert-OH is 1. The molecule has 2 aliphatic rings. The molecule has 1 saturated heterocycles. The number of hydrogen-bond donors (Lipinski definition) is 5. The Balaban J connectivity index is 1.82. The number of aliphatic hydroxyl groups is 1. The molecule has 4 rings (SSSR count). The van der Waals surface area contributed by atoms with Crippen LogP contribution < -0.4 is 21.7 Å². The molecule has 0 saturated carbocycles. The van der Waals surface area contributed by atoms with Gasteiger partial charge < -0.3 is 31.7 Å². The van der Waals surface area contributed by atoms with Gasteiger partial charge in [0, 0.05) is 42.2 Å². The smallest absolute Gasteiger partial charge is 0.270 e. The number of nitrogens with one attached hydrogen (secondary N) is 3. The SMILES string of the molecule is NC(=O)c1ccc2c(c1)NC(=O)[C@H](CO)NC(=O)[C@@H]1CCCN1C(=O)c1cc([N+](=O)[O-])ccc1NC2. The third-order valence-corrected chi connectivity index (χ3v) is 6.20. The number of rotatable bonds is 3. The van der Waals surface area contributed by atoms with Crippen LogP contribution in [0.15, 0.2) is 36.4 Å². The van der Waals surface area contributed by atoms with Crippen LogP contribution in [0, 0.1) is 10.1 Å². The number of anilines is 2. The highest BCUT2D eigenvalue weighted by molar-refractivity contribution is 6.04. The van der Waals surface area contributed by atoms with Gasteiger partial charge in [-0.2, -0.15) is 0 Å². The van der Waals surface area contributed by atoms with Gasteiger partial charge in [-0.05, 0) is 36.6 Å². The first-order chi connectivity index (χ1) is 17.2. The van der Waals surface area contributed by atoms with E-state index >= 15 is 0 Å². The lowest BCUT2D eigenvalue weighted by Gasteiger charge is -2.27. The average molecular weight is 496 g/mol. The molecule has 4 amide bonds. The monoisotopic (exact) mass is 496 g/mol. The fourth-order valence-corrected chi connectivity index (χ4v) is 4.29. The maximum absolute atomic E-state index is 13.5. The number of nitro groups is 1. The van der Waals surface area contributed by atoms with Gasteiger partial charge in [-0.3, -0.25) is 29.3 Å². The van der Waals surface area contributed by atoms with Gasteiger partial charge in [0.05, 0.1) is 17.1 Å². The van der Waals surface area contributed by atoms with Crippen molar-refractivity contribution < 1.29 is 29.2 Å². The maximum Gasteiger partial charge on any atom is 0.270 e. The summed E-state index contributed by atoms with van der Waals surface area (Å²) in [5, 5.41) is 29.3. The van der Waals surface area contributed by atoms with E-state index in [1.807, 2.05) is 0 Å². The van der Waals surface area contributed by atoms with E-state index in [0.29, 0.717) is 24.1 Å². The molecule has 2 aromatic carbocycles. The van der Waals surface area contributed by atoms with Crippen molar-refractivity contribution in [2.45, 2.75) is 31.5 Å². The summed E-state index contributed by atoms with van der Waals surface area (Å²) in [6.45, 7) is -0.406. The Labute approximate surface area is 204 Å². The molecule has 2 aromatic rings. The van der Waals surface area contributed by atoms with E-state index in [9.17, 15) is 34.4 Å². The summed E-state index contributed by atoms with van der Waals surface area (Å²) in [4.78, 5) is 63.2. The van der Waals surface area contributed by atoms with Crippen LogP contribution in [0.25, 0.3) is 0 Å². The molecule has 6 N–H and O–H groups in total. The third-order valence-electron chi connectivity index (χ3n) is 6.20. The normalized spacial score (nSPS) is 20.1. The molecule has 0 aliphatic carbocycles. The summed E-state index contributed by atoms with van der Waals surface area (Å²) in [5.41, 5.74) is 6.19. The van der Waals surface area contributed by atoms with Crippen molar-refractivity contribution in [2.75, 3.05) is 23.8 Å². The largest absolute Gasteiger partial charge is 0.394 e. The van der Waals surface area contributed by atoms with Crippen molar-refractivity contribution in [2.24, 2.45) is 5.73 Å². The molecule has 2 aliphatic heterocycles. The van der Waals surface area contributed by atoms with Crippen LogP contribution in [0.4, 0.5) is 17.1 Å². The molecule has 188 valence electrons. The van der Waals surface area contributed by atoms with Gasteiger partial charge in [0.15, 0.2) is 0 Å². The third kappa shape index (κ3) is 4.81. The molecule has 2 heterocycles. The molecule has 13 heteroatoms. The van der Waals surface area contributed by atoms with E-state index in [2.05, 4.69) is 16.0 Å². The Morgan fingerprint density at radius 3 is 2.61 bits per heavy atom. The van der Waals surface area contributed by atoms with Crippen molar-refractivity contribution in [1.29, 1.82) is 0 Å². The van der Waals surface area contributed by atoms with Crippen molar-refractivity contribution in [1.82, 2.24) is 10.2 Å². The lowest BCUT2D eigenvalue weighted by molar-refractivity contribution is -0.384. The summed E-state index contributed by atoms with van der Waals surface area (Å²) in [6.07, 6.45) is 0.832. The number of benzene rings is 2. The van der Waals surface area contributed by atoms with E-state index < -0.39 is 47.2 Å². The highest BCUT2D eigenvalue weighted by Gasteiger charge is 2.37. The van der Waals surface area contributed by atoms with Crippen LogP contribution in [0.1, 0.15) is 39.1 Å². The van der Waals surface area contributed by atoms with Crippen molar-refractivity contribution >= 4 is 40.7 Å². The first-order valence-electron chi connectivity index (χ1n) is 11.2. The number of primary amides is 1. The Morgan fingerprint density at radius 2 is 1.92 bits per heavy atom. The quantitative estimate of drug-likeness (QED) is 0.296. The Hall–Kier alpha value is -4.52. The highest BCUT2D eigenvalue weighted by atomic mass is 16.6. The van der Waals surface area contributed by atoms with E-state index in [4.69, 9.17) is 5.73 Å². The second-order valence-electron chi connectivity index (χ2n) is 8.47. The molecular formula is C23H24N6O7. The second kappa shape index (κ2) is 10.00. The standard InChI is InChI=1S/C23H24N6O7/c24-20(31)12-3-4-13-10-25-16-6-5-14(29(35)36)9-15(16)23(34)28-7-1-2-19(28)22(33)27-18(11-30)21(32)26-17(13)8-12/h3-6,8-9,18-19,25,30H,1-2,7,10-11H2,(H2,24,31)(H,26,32)(H,27,33)/t18-,19-/m0/s1. The topological polar surface area (TPSA) is 197 Å². The number of nitro benzene ring substituents is 1. The zero-order chi connectivity index (χ0) is 26.0. The zero-order valence-electron chi connectivity index (χ0n) is 19.0. The van der Waals surface area contributed by atoms with E-state index in [-0.39, 0.29) is 35.6 Å². The predicted octanol–water partition coefficient (Wildman–Crippen LogP) is 0.340. The molecule has 0 unspecified atom stereocenters. The van der Waals surface area contributed by atoms with E-state index in [1.165, 1.54) is 29.2 Å². The maximum atomic E-state index is 13.5. The average Bonchev–Trinajstić information content (AvgIpc) is 3.35. The van der Waals surface area contributed by atoms with Crippen molar-refractivity contribution in [3.8, 4) is 0 Å². The van der Waals surface area contributed by atoms with Gasteiger partial charge in [-0.25, -0.2) is 0 Å². The van der Waals surface area contributed by atoms with Gasteiger partial charge >= 0.3 is 0 Å². The Kier molecular flexibility index (Phi) is 6.83. The van der Waals surface area contributed by atoms with Crippen molar-refractivity contribution in [3.05, 3.63) is 63.2 Å². The van der Waals surface area contributed by atoms with E-state index in [0.717, 1.165) is 6.07 Å². The van der Waals surface area contributed by atoms with Crippen LogP contribution in [0.3, 0.4) is 0 Å². The molecule has 0 bridgehead atoms. The minimum absolute atomic E-state index is 0.0130. The molecule has 1 fully saturated rings. The van der Waals surface area contributed by atoms with Gasteiger partial charge in [0.1, 0.15) is 12.1 Å². The molecule has 2 atom stereocenters. The lowest BCUT2D eigenvalue weighted by atomic mass is 10.1. The van der Waals surface area contributed by atoms with Crippen LogP contribution in [-0.4, -0.2) is 63.8 Å². The Morgan fingerprint density at radius 1 is 1.14 bits per heavy atom. The van der Waals surface area contributed by atoms with Gasteiger partial charge in [-0.15, -0.1) is 0 Å². The number of non-ortho nitro benzene ring substituents is 1. The first-order valence-corrected chi connectivity index (χ1v) is 11.2. The summed E-state index contributed by atoms with van der Waals surface area (Å²) in [5.74, 6) is -2.67. The lowest BCUT2D eigenvalue weighted by Crippen LogP contribution is -2.53. The Bertz CT molecular complexity index is 1260. The van der Waals surface area contributed by atoms with Gasteiger partial charge in [-0.1, -0.05) is 6.07 Å². The first kappa shape index (κ1) is 24.6. The van der Waals surface area contributed by atoms with Gasteiger partial charge in [0.25, 0.3) is 11.6 Å². The molecule has 36 heavy (non-hydrogen) atoms. The number of nitrogens with zero attached hydrogens (tertiary/aromatic N) is 2. The summed E-state index contributed by atoms with van der Waals surface area (Å²) >= 11 is 0.